The number of Topliss-reactive ketones (excluding diaryl/α,β-unsaturated/α-hetero) is 1. The van der Waals surface area contributed by atoms with E-state index in [1.54, 1.807) is 56.4 Å². The number of likely N-dealkylation sites (N-methyl/N-ethyl adjacent to an activating group) is 1. The molecule has 0 radical (unpaired) electrons. The number of fused-ring (bicyclic) bond motifs is 2. The number of pyridine rings is 2. The average molecular weight is 558 g/mol. The highest BCUT2D eigenvalue weighted by molar-refractivity contribution is 6.01. The number of aliphatic hydroxyl groups is 1. The highest BCUT2D eigenvalue weighted by atomic mass is 19.1. The van der Waals surface area contributed by atoms with E-state index in [1.807, 2.05) is 13.0 Å². The second kappa shape index (κ2) is 10.9. The van der Waals surface area contributed by atoms with E-state index in [2.05, 4.69) is 10.3 Å². The Kier molecular flexibility index (Phi) is 7.48. The molecule has 3 heterocycles. The van der Waals surface area contributed by atoms with E-state index in [0.29, 0.717) is 45.9 Å². The zero-order valence-electron chi connectivity index (χ0n) is 23.5. The van der Waals surface area contributed by atoms with Crippen molar-refractivity contribution in [1.82, 2.24) is 15.3 Å². The van der Waals surface area contributed by atoms with Gasteiger partial charge in [0.05, 0.1) is 12.8 Å². The number of carbonyl (C=O) groups is 2. The minimum atomic E-state index is -1.54. The Balaban J connectivity index is 1.50. The van der Waals surface area contributed by atoms with Crippen LogP contribution in [-0.4, -0.2) is 47.0 Å². The predicted molar refractivity (Wildman–Crippen MR) is 153 cm³/mol. The number of nitrogens with one attached hydrogen (secondary N) is 1. The fourth-order valence-corrected chi connectivity index (χ4v) is 5.11. The molecule has 2 atom stereocenters. The zero-order chi connectivity index (χ0) is 29.4. The molecule has 212 valence electrons. The van der Waals surface area contributed by atoms with Gasteiger partial charge in [-0.2, -0.15) is 0 Å². The Labute approximate surface area is 237 Å². The molecule has 0 fully saturated rings. The van der Waals surface area contributed by atoms with Crippen LogP contribution in [-0.2, 0) is 15.8 Å². The molecule has 0 spiro atoms. The van der Waals surface area contributed by atoms with Crippen LogP contribution in [0.4, 0.5) is 4.39 Å². The average Bonchev–Trinajstić information content (AvgIpc) is 3.33. The van der Waals surface area contributed by atoms with Gasteiger partial charge in [0.2, 0.25) is 5.91 Å². The molecule has 0 bridgehead atoms. The van der Waals surface area contributed by atoms with Crippen molar-refractivity contribution in [2.24, 2.45) is 0 Å². The fourth-order valence-electron chi connectivity index (χ4n) is 5.11. The Morgan fingerprint density at radius 1 is 1.20 bits per heavy atom. The summed E-state index contributed by atoms with van der Waals surface area (Å²) < 4.78 is 25.2. The summed E-state index contributed by atoms with van der Waals surface area (Å²) >= 11 is 0. The van der Waals surface area contributed by atoms with Gasteiger partial charge in [-0.1, -0.05) is 6.07 Å². The largest absolute Gasteiger partial charge is 0.494 e. The number of ketones is 1. The second-order valence-electron chi connectivity index (χ2n) is 10.7. The van der Waals surface area contributed by atoms with Crippen LogP contribution in [0.5, 0.6) is 11.5 Å². The molecular weight excluding hydrogens is 525 g/mol. The molecule has 9 heteroatoms. The van der Waals surface area contributed by atoms with E-state index in [4.69, 9.17) is 14.5 Å². The number of rotatable bonds is 9. The molecule has 1 aliphatic rings. The van der Waals surface area contributed by atoms with E-state index in [1.165, 1.54) is 19.2 Å². The van der Waals surface area contributed by atoms with Gasteiger partial charge in [0.1, 0.15) is 46.1 Å². The molecule has 8 nitrogen and oxygen atoms in total. The lowest BCUT2D eigenvalue weighted by Gasteiger charge is -2.26. The van der Waals surface area contributed by atoms with Crippen LogP contribution in [0, 0.1) is 5.82 Å². The molecule has 4 aromatic rings. The molecule has 41 heavy (non-hydrogen) atoms. The van der Waals surface area contributed by atoms with Crippen molar-refractivity contribution in [2.75, 3.05) is 20.3 Å². The fraction of sp³-hybridized carbons (Fsp3) is 0.312. The third-order valence-electron chi connectivity index (χ3n) is 7.63. The summed E-state index contributed by atoms with van der Waals surface area (Å²) in [6.07, 6.45) is 1.75. The van der Waals surface area contributed by atoms with Crippen LogP contribution in [0.25, 0.3) is 22.2 Å². The van der Waals surface area contributed by atoms with Gasteiger partial charge in [-0.05, 0) is 75.7 Å². The Morgan fingerprint density at radius 3 is 2.66 bits per heavy atom. The lowest BCUT2D eigenvalue weighted by atomic mass is 9.81. The van der Waals surface area contributed by atoms with Crippen molar-refractivity contribution < 1.29 is 28.6 Å². The van der Waals surface area contributed by atoms with Crippen molar-refractivity contribution in [1.29, 1.82) is 0 Å². The van der Waals surface area contributed by atoms with Crippen molar-refractivity contribution in [2.45, 2.75) is 44.6 Å². The highest BCUT2D eigenvalue weighted by Crippen LogP contribution is 2.46. The van der Waals surface area contributed by atoms with Crippen LogP contribution >= 0.6 is 0 Å². The summed E-state index contributed by atoms with van der Waals surface area (Å²) in [5.74, 6) is 0.117. The molecular formula is C32H32FN3O5. The van der Waals surface area contributed by atoms with E-state index in [9.17, 15) is 19.1 Å². The van der Waals surface area contributed by atoms with Gasteiger partial charge in [-0.25, -0.2) is 9.37 Å². The third-order valence-corrected chi connectivity index (χ3v) is 7.63. The number of halogens is 1. The lowest BCUT2D eigenvalue weighted by Crippen LogP contribution is -2.43. The number of hydrogen-bond donors (Lipinski definition) is 2. The minimum absolute atomic E-state index is 0.0245. The Hall–Kier alpha value is -4.37. The first-order valence-electron chi connectivity index (χ1n) is 13.5. The van der Waals surface area contributed by atoms with Crippen molar-refractivity contribution in [3.63, 3.8) is 0 Å². The summed E-state index contributed by atoms with van der Waals surface area (Å²) in [5, 5.41) is 15.3. The normalized spacial score (nSPS) is 17.4. The molecule has 2 aromatic carbocycles. The number of amides is 1. The molecule has 5 rings (SSSR count). The molecule has 0 saturated carbocycles. The smallest absolute Gasteiger partial charge is 0.233 e. The maximum Gasteiger partial charge on any atom is 0.233 e. The third kappa shape index (κ3) is 5.25. The maximum atomic E-state index is 13.7. The minimum Gasteiger partial charge on any atom is -0.494 e. The summed E-state index contributed by atoms with van der Waals surface area (Å²) in [5.41, 5.74) is 0.371. The van der Waals surface area contributed by atoms with Gasteiger partial charge in [-0.3, -0.25) is 14.6 Å². The number of carbonyl (C=O) groups excluding carboxylic acids is 2. The number of nitrogens with zero attached hydrogens (tertiary/aromatic N) is 2. The highest BCUT2D eigenvalue weighted by Gasteiger charge is 2.45. The van der Waals surface area contributed by atoms with Crippen LogP contribution in [0.2, 0.25) is 0 Å². The van der Waals surface area contributed by atoms with E-state index in [0.717, 1.165) is 5.39 Å². The lowest BCUT2D eigenvalue weighted by molar-refractivity contribution is -0.126. The van der Waals surface area contributed by atoms with Gasteiger partial charge in [0, 0.05) is 41.2 Å². The van der Waals surface area contributed by atoms with Gasteiger partial charge in [0.25, 0.3) is 0 Å². The summed E-state index contributed by atoms with van der Waals surface area (Å²) in [6, 6.07) is 14.5. The number of benzene rings is 2. The Morgan fingerprint density at radius 2 is 1.95 bits per heavy atom. The van der Waals surface area contributed by atoms with E-state index < -0.39 is 16.8 Å². The SMILES string of the molecule is CCNC(=O)[C@@]1(C)COc2c1cc([C@@](C)(O)CCC(=O)c1cc(OC)c3ncccc3c1)nc2-c1ccc(F)cc1. The Bertz CT molecular complexity index is 1640. The molecule has 0 aliphatic carbocycles. The van der Waals surface area contributed by atoms with Crippen LogP contribution in [0.1, 0.15) is 55.2 Å². The predicted octanol–water partition coefficient (Wildman–Crippen LogP) is 5.10. The number of ether oxygens (including phenoxy) is 2. The van der Waals surface area contributed by atoms with E-state index in [-0.39, 0.29) is 36.8 Å². The maximum absolute atomic E-state index is 13.7. The van der Waals surface area contributed by atoms with Gasteiger partial charge >= 0.3 is 0 Å². The monoisotopic (exact) mass is 557 g/mol. The molecule has 1 aliphatic heterocycles. The topological polar surface area (TPSA) is 111 Å². The van der Waals surface area contributed by atoms with Crippen LogP contribution in [0.3, 0.4) is 0 Å². The first-order chi connectivity index (χ1) is 19.6. The molecule has 0 unspecified atom stereocenters. The summed E-state index contributed by atoms with van der Waals surface area (Å²) in [6.45, 7) is 5.74. The first-order valence-corrected chi connectivity index (χ1v) is 13.5. The molecule has 1 amide bonds. The first kappa shape index (κ1) is 28.2. The summed E-state index contributed by atoms with van der Waals surface area (Å²) in [7, 11) is 1.53. The van der Waals surface area contributed by atoms with Gasteiger partial charge < -0.3 is 19.9 Å². The van der Waals surface area contributed by atoms with E-state index >= 15 is 0 Å². The quantitative estimate of drug-likeness (QED) is 0.276. The zero-order valence-corrected chi connectivity index (χ0v) is 23.5. The standard InChI is InChI=1S/C32H32FN3O5/c1-5-34-30(38)31(2)18-41-29-23(31)17-26(36-28(29)19-8-10-22(33)11-9-19)32(3,39)13-12-24(37)21-15-20-7-6-14-35-27(20)25(16-21)40-4/h6-11,14-17,39H,5,12-13,18H2,1-4H3,(H,34,38)/t31-,32-/m0/s1. The van der Waals surface area contributed by atoms with Crippen LogP contribution < -0.4 is 14.8 Å². The molecule has 2 N–H and O–H groups in total. The number of methoxy groups -OCH3 is 1. The molecule has 2 aromatic heterocycles. The van der Waals surface area contributed by atoms with Gasteiger partial charge in [0.15, 0.2) is 5.78 Å². The second-order valence-corrected chi connectivity index (χ2v) is 10.7. The van der Waals surface area contributed by atoms with Crippen LogP contribution in [0.15, 0.2) is 60.8 Å². The van der Waals surface area contributed by atoms with Gasteiger partial charge in [-0.15, -0.1) is 0 Å². The van der Waals surface area contributed by atoms with Crippen molar-refractivity contribution in [3.05, 3.63) is 83.4 Å². The number of hydrogen-bond acceptors (Lipinski definition) is 7. The summed E-state index contributed by atoms with van der Waals surface area (Å²) in [4.78, 5) is 35.5. The van der Waals surface area contributed by atoms with Crippen molar-refractivity contribution in [3.8, 4) is 22.8 Å². The molecule has 0 saturated heterocycles. The number of aromatic nitrogens is 2. The van der Waals surface area contributed by atoms with Crippen molar-refractivity contribution >= 4 is 22.6 Å².